The Labute approximate surface area is 152 Å². The maximum atomic E-state index is 12.8. The third kappa shape index (κ3) is 2.56. The van der Waals surface area contributed by atoms with Crippen molar-refractivity contribution in [3.05, 3.63) is 46.0 Å². The van der Waals surface area contributed by atoms with Gasteiger partial charge in [0.05, 0.1) is 11.6 Å². The number of ether oxygens (including phenoxy) is 1. The largest absolute Gasteiger partial charge is 0.459 e. The van der Waals surface area contributed by atoms with Crippen LogP contribution in [0.5, 0.6) is 0 Å². The molecule has 26 heavy (non-hydrogen) atoms. The molecule has 0 unspecified atom stereocenters. The molecule has 5 heteroatoms. The molecule has 0 radical (unpaired) electrons. The van der Waals surface area contributed by atoms with Crippen LogP contribution in [0.15, 0.2) is 29.1 Å². The molecule has 0 amide bonds. The van der Waals surface area contributed by atoms with Gasteiger partial charge in [0.2, 0.25) is 0 Å². The summed E-state index contributed by atoms with van der Waals surface area (Å²) in [6.45, 7) is 1.96. The van der Waals surface area contributed by atoms with Crippen LogP contribution in [0.4, 0.5) is 0 Å². The van der Waals surface area contributed by atoms with E-state index in [4.69, 9.17) is 4.74 Å². The Balaban J connectivity index is 1.33. The van der Waals surface area contributed by atoms with Crippen LogP contribution in [0.3, 0.4) is 0 Å². The standard InChI is InChI=1S/C21H24N2O3/c1-12-3-2-4-18-22-17(10-19(24)23(12)18)11-26-21(25)20-15-6-13-5-14(8-15)9-16(20)7-13/h2-4,10,13-16,20H,5-9,11H2,1H3. The number of aryl methyl sites for hydroxylation is 1. The Hall–Kier alpha value is -2.17. The molecular weight excluding hydrogens is 328 g/mol. The minimum Gasteiger partial charge on any atom is -0.459 e. The summed E-state index contributed by atoms with van der Waals surface area (Å²) >= 11 is 0. The van der Waals surface area contributed by atoms with Crippen LogP contribution in [0.25, 0.3) is 5.65 Å². The summed E-state index contributed by atoms with van der Waals surface area (Å²) in [6, 6.07) is 7.03. The molecule has 0 spiro atoms. The highest BCUT2D eigenvalue weighted by Gasteiger charge is 2.51. The highest BCUT2D eigenvalue weighted by Crippen LogP contribution is 2.56. The van der Waals surface area contributed by atoms with Crippen molar-refractivity contribution in [2.45, 2.75) is 45.6 Å². The molecule has 0 aromatic carbocycles. The predicted octanol–water partition coefficient (Wildman–Crippen LogP) is 3.12. The third-order valence-corrected chi connectivity index (χ3v) is 6.79. The lowest BCUT2D eigenvalue weighted by Gasteiger charge is -2.53. The summed E-state index contributed by atoms with van der Waals surface area (Å²) in [5.41, 5.74) is 1.84. The van der Waals surface area contributed by atoms with E-state index in [-0.39, 0.29) is 24.1 Å². The van der Waals surface area contributed by atoms with Gasteiger partial charge in [0.25, 0.3) is 5.56 Å². The van der Waals surface area contributed by atoms with Gasteiger partial charge in [-0.3, -0.25) is 14.0 Å². The van der Waals surface area contributed by atoms with Gasteiger partial charge in [0, 0.05) is 11.8 Å². The first-order valence-electron chi connectivity index (χ1n) is 9.73. The molecule has 136 valence electrons. The molecular formula is C21H24N2O3. The molecule has 5 nitrogen and oxygen atoms in total. The lowest BCUT2D eigenvalue weighted by Crippen LogP contribution is -2.48. The number of hydrogen-bond donors (Lipinski definition) is 0. The number of carbonyl (C=O) groups excluding carboxylic acids is 1. The van der Waals surface area contributed by atoms with E-state index in [1.807, 2.05) is 19.1 Å². The minimum atomic E-state index is -0.131. The first kappa shape index (κ1) is 16.0. The smallest absolute Gasteiger partial charge is 0.309 e. The molecule has 6 rings (SSSR count). The fraction of sp³-hybridized carbons (Fsp3) is 0.571. The van der Waals surface area contributed by atoms with Gasteiger partial charge in [-0.25, -0.2) is 4.98 Å². The van der Waals surface area contributed by atoms with E-state index in [0.29, 0.717) is 23.2 Å². The average Bonchev–Trinajstić information content (AvgIpc) is 2.59. The van der Waals surface area contributed by atoms with E-state index in [0.717, 1.165) is 17.5 Å². The Morgan fingerprint density at radius 3 is 2.54 bits per heavy atom. The summed E-state index contributed by atoms with van der Waals surface area (Å²) in [5.74, 6) is 2.68. The van der Waals surface area contributed by atoms with Crippen LogP contribution in [0.1, 0.15) is 43.5 Å². The lowest BCUT2D eigenvalue weighted by atomic mass is 9.52. The molecule has 0 N–H and O–H groups in total. The van der Waals surface area contributed by atoms with Gasteiger partial charge in [0.15, 0.2) is 0 Å². The normalized spacial score (nSPS) is 32.1. The highest BCUT2D eigenvalue weighted by atomic mass is 16.5. The number of esters is 1. The minimum absolute atomic E-state index is 0.0617. The fourth-order valence-electron chi connectivity index (χ4n) is 5.99. The predicted molar refractivity (Wildman–Crippen MR) is 96.5 cm³/mol. The highest BCUT2D eigenvalue weighted by molar-refractivity contribution is 5.73. The Morgan fingerprint density at radius 1 is 1.15 bits per heavy atom. The molecule has 4 aliphatic rings. The Kier molecular flexibility index (Phi) is 3.66. The van der Waals surface area contributed by atoms with Crippen molar-refractivity contribution >= 4 is 11.6 Å². The Bertz CT molecular complexity index is 904. The molecule has 2 aromatic heterocycles. The van der Waals surface area contributed by atoms with E-state index >= 15 is 0 Å². The van der Waals surface area contributed by atoms with Crippen LogP contribution < -0.4 is 5.56 Å². The van der Waals surface area contributed by atoms with Crippen LogP contribution in [-0.2, 0) is 16.1 Å². The van der Waals surface area contributed by atoms with Crippen molar-refractivity contribution < 1.29 is 9.53 Å². The second kappa shape index (κ2) is 5.93. The number of nitrogens with zero attached hydrogens (tertiary/aromatic N) is 2. The van der Waals surface area contributed by atoms with E-state index < -0.39 is 0 Å². The molecule has 4 saturated carbocycles. The molecule has 2 aromatic rings. The SMILES string of the molecule is Cc1cccc2nc(COC(=O)C3C4CC5CC(C4)CC3C5)cc(=O)n12. The third-order valence-electron chi connectivity index (χ3n) is 6.79. The summed E-state index contributed by atoms with van der Waals surface area (Å²) in [5, 5.41) is 0. The van der Waals surface area contributed by atoms with Crippen LogP contribution >= 0.6 is 0 Å². The van der Waals surface area contributed by atoms with Gasteiger partial charge in [-0.2, -0.15) is 0 Å². The molecule has 0 atom stereocenters. The van der Waals surface area contributed by atoms with E-state index in [2.05, 4.69) is 4.98 Å². The zero-order valence-electron chi connectivity index (χ0n) is 15.1. The van der Waals surface area contributed by atoms with Crippen molar-refractivity contribution in [1.29, 1.82) is 0 Å². The second-order valence-electron chi connectivity index (χ2n) is 8.51. The van der Waals surface area contributed by atoms with Crippen molar-refractivity contribution in [1.82, 2.24) is 9.38 Å². The van der Waals surface area contributed by atoms with Crippen molar-refractivity contribution in [2.75, 3.05) is 0 Å². The molecule has 4 fully saturated rings. The first-order valence-corrected chi connectivity index (χ1v) is 9.73. The average molecular weight is 352 g/mol. The second-order valence-corrected chi connectivity index (χ2v) is 8.51. The van der Waals surface area contributed by atoms with Gasteiger partial charge >= 0.3 is 5.97 Å². The number of aromatic nitrogens is 2. The van der Waals surface area contributed by atoms with Gasteiger partial charge in [-0.15, -0.1) is 0 Å². The number of hydrogen-bond acceptors (Lipinski definition) is 4. The van der Waals surface area contributed by atoms with E-state index in [9.17, 15) is 9.59 Å². The number of carbonyl (C=O) groups is 1. The number of pyridine rings is 1. The van der Waals surface area contributed by atoms with Crippen molar-refractivity contribution in [3.8, 4) is 0 Å². The van der Waals surface area contributed by atoms with Crippen LogP contribution in [0.2, 0.25) is 0 Å². The summed E-state index contributed by atoms with van der Waals surface area (Å²) in [6.07, 6.45) is 6.16. The molecule has 0 saturated heterocycles. The molecule has 2 heterocycles. The number of fused-ring (bicyclic) bond motifs is 1. The topological polar surface area (TPSA) is 60.7 Å². The summed E-state index contributed by atoms with van der Waals surface area (Å²) in [4.78, 5) is 29.6. The van der Waals surface area contributed by atoms with Gasteiger partial charge in [-0.1, -0.05) is 6.07 Å². The summed E-state index contributed by atoms with van der Waals surface area (Å²) < 4.78 is 7.21. The maximum Gasteiger partial charge on any atom is 0.309 e. The zero-order chi connectivity index (χ0) is 17.8. The van der Waals surface area contributed by atoms with Crippen LogP contribution in [0, 0.1) is 36.5 Å². The quantitative estimate of drug-likeness (QED) is 0.797. The van der Waals surface area contributed by atoms with Crippen molar-refractivity contribution in [3.63, 3.8) is 0 Å². The van der Waals surface area contributed by atoms with Crippen molar-refractivity contribution in [2.24, 2.45) is 29.6 Å². The summed E-state index contributed by atoms with van der Waals surface area (Å²) in [7, 11) is 0. The van der Waals surface area contributed by atoms with Gasteiger partial charge < -0.3 is 4.74 Å². The molecule has 0 aliphatic heterocycles. The fourth-order valence-corrected chi connectivity index (χ4v) is 5.99. The van der Waals surface area contributed by atoms with Gasteiger partial charge in [-0.05, 0) is 74.8 Å². The lowest BCUT2D eigenvalue weighted by molar-refractivity contribution is -0.163. The monoisotopic (exact) mass is 352 g/mol. The zero-order valence-corrected chi connectivity index (χ0v) is 15.1. The van der Waals surface area contributed by atoms with E-state index in [1.165, 1.54) is 38.2 Å². The maximum absolute atomic E-state index is 12.8. The van der Waals surface area contributed by atoms with E-state index in [1.54, 1.807) is 10.5 Å². The molecule has 4 aliphatic carbocycles. The number of rotatable bonds is 3. The van der Waals surface area contributed by atoms with Crippen LogP contribution in [-0.4, -0.2) is 15.4 Å². The molecule has 4 bridgehead atoms. The van der Waals surface area contributed by atoms with Gasteiger partial charge in [0.1, 0.15) is 12.3 Å². The Morgan fingerprint density at radius 2 is 1.85 bits per heavy atom. The first-order chi connectivity index (χ1) is 12.6.